The Labute approximate surface area is 93.6 Å². The standard InChI is InChI=1S/C10H16N2O2S/c1-12(2)9-5-4-7(15-9)6-8(11)10(13)14-3/h4-5,8H,6,11H2,1-3H3. The Morgan fingerprint density at radius 1 is 1.60 bits per heavy atom. The van der Waals surface area contributed by atoms with E-state index in [1.54, 1.807) is 11.3 Å². The van der Waals surface area contributed by atoms with Crippen molar-refractivity contribution in [2.75, 3.05) is 26.1 Å². The van der Waals surface area contributed by atoms with Crippen LogP contribution in [0, 0.1) is 0 Å². The lowest BCUT2D eigenvalue weighted by molar-refractivity contribution is -0.142. The molecule has 0 spiro atoms. The second-order valence-corrected chi connectivity index (χ2v) is 4.61. The summed E-state index contributed by atoms with van der Waals surface area (Å²) in [7, 11) is 5.31. The number of carbonyl (C=O) groups is 1. The lowest BCUT2D eigenvalue weighted by Crippen LogP contribution is -2.33. The van der Waals surface area contributed by atoms with Crippen LogP contribution in [0.15, 0.2) is 12.1 Å². The van der Waals surface area contributed by atoms with Crippen molar-refractivity contribution in [1.29, 1.82) is 0 Å². The van der Waals surface area contributed by atoms with Crippen LogP contribution in [0.4, 0.5) is 5.00 Å². The zero-order chi connectivity index (χ0) is 11.4. The number of hydrogen-bond acceptors (Lipinski definition) is 5. The van der Waals surface area contributed by atoms with Gasteiger partial charge in [-0.25, -0.2) is 0 Å². The Bertz CT molecular complexity index is 336. The number of esters is 1. The molecule has 4 nitrogen and oxygen atoms in total. The summed E-state index contributed by atoms with van der Waals surface area (Å²) >= 11 is 1.64. The smallest absolute Gasteiger partial charge is 0.323 e. The van der Waals surface area contributed by atoms with Crippen LogP contribution in [-0.4, -0.2) is 33.2 Å². The molecule has 0 fully saturated rings. The number of thiophene rings is 1. The topological polar surface area (TPSA) is 55.6 Å². The van der Waals surface area contributed by atoms with Crippen molar-refractivity contribution in [3.63, 3.8) is 0 Å². The lowest BCUT2D eigenvalue weighted by Gasteiger charge is -2.08. The van der Waals surface area contributed by atoms with Crippen molar-refractivity contribution in [2.45, 2.75) is 12.5 Å². The zero-order valence-corrected chi connectivity index (χ0v) is 10.0. The highest BCUT2D eigenvalue weighted by molar-refractivity contribution is 7.16. The van der Waals surface area contributed by atoms with E-state index in [1.807, 2.05) is 31.1 Å². The normalized spacial score (nSPS) is 12.3. The summed E-state index contributed by atoms with van der Waals surface area (Å²) in [5, 5.41) is 1.15. The van der Waals surface area contributed by atoms with Crippen LogP contribution in [0.25, 0.3) is 0 Å². The molecule has 1 heterocycles. The highest BCUT2D eigenvalue weighted by atomic mass is 32.1. The third kappa shape index (κ3) is 3.21. The molecule has 1 unspecified atom stereocenters. The van der Waals surface area contributed by atoms with Gasteiger partial charge in [0.1, 0.15) is 6.04 Å². The SMILES string of the molecule is COC(=O)C(N)Cc1ccc(N(C)C)s1. The van der Waals surface area contributed by atoms with Gasteiger partial charge in [0.25, 0.3) is 0 Å². The predicted octanol–water partition coefficient (Wildman–Crippen LogP) is 0.857. The average molecular weight is 228 g/mol. The highest BCUT2D eigenvalue weighted by Gasteiger charge is 2.15. The molecule has 0 bridgehead atoms. The van der Waals surface area contributed by atoms with Gasteiger partial charge in [-0.1, -0.05) is 0 Å². The molecule has 0 amide bonds. The second kappa shape index (κ2) is 5.14. The summed E-state index contributed by atoms with van der Waals surface area (Å²) < 4.78 is 4.57. The van der Waals surface area contributed by atoms with Gasteiger partial charge in [0, 0.05) is 25.4 Å². The largest absolute Gasteiger partial charge is 0.468 e. The van der Waals surface area contributed by atoms with E-state index >= 15 is 0 Å². The first-order valence-electron chi connectivity index (χ1n) is 4.64. The molecule has 0 aliphatic rings. The van der Waals surface area contributed by atoms with Crippen LogP contribution in [0.5, 0.6) is 0 Å². The van der Waals surface area contributed by atoms with E-state index < -0.39 is 6.04 Å². The van der Waals surface area contributed by atoms with Crippen LogP contribution in [0.2, 0.25) is 0 Å². The van der Waals surface area contributed by atoms with Crippen LogP contribution in [-0.2, 0) is 16.0 Å². The summed E-state index contributed by atoms with van der Waals surface area (Å²) in [4.78, 5) is 14.2. The average Bonchev–Trinajstić information content (AvgIpc) is 2.65. The maximum absolute atomic E-state index is 11.1. The maximum Gasteiger partial charge on any atom is 0.323 e. The molecule has 1 aromatic rings. The fourth-order valence-corrected chi connectivity index (χ4v) is 2.15. The van der Waals surface area contributed by atoms with Gasteiger partial charge >= 0.3 is 5.97 Å². The molecule has 0 radical (unpaired) electrons. The number of hydrogen-bond donors (Lipinski definition) is 1. The van der Waals surface area contributed by atoms with Crippen molar-refractivity contribution in [3.8, 4) is 0 Å². The summed E-state index contributed by atoms with van der Waals surface area (Å²) in [6.45, 7) is 0. The number of carbonyl (C=O) groups excluding carboxylic acids is 1. The first-order chi connectivity index (χ1) is 7.04. The second-order valence-electron chi connectivity index (χ2n) is 3.47. The molecule has 0 aromatic carbocycles. The molecule has 15 heavy (non-hydrogen) atoms. The van der Waals surface area contributed by atoms with Gasteiger partial charge in [0.05, 0.1) is 12.1 Å². The molecule has 0 aliphatic heterocycles. The van der Waals surface area contributed by atoms with Gasteiger partial charge in [-0.2, -0.15) is 0 Å². The monoisotopic (exact) mass is 228 g/mol. The Kier molecular flexibility index (Phi) is 4.11. The minimum absolute atomic E-state index is 0.366. The summed E-state index contributed by atoms with van der Waals surface area (Å²) in [6.07, 6.45) is 0.533. The Morgan fingerprint density at radius 3 is 2.73 bits per heavy atom. The fraction of sp³-hybridized carbons (Fsp3) is 0.500. The van der Waals surface area contributed by atoms with Crippen molar-refractivity contribution in [2.24, 2.45) is 5.73 Å². The molecule has 1 atom stereocenters. The van der Waals surface area contributed by atoms with Crippen LogP contribution >= 0.6 is 11.3 Å². The van der Waals surface area contributed by atoms with Crippen LogP contribution in [0.3, 0.4) is 0 Å². The number of rotatable bonds is 4. The van der Waals surface area contributed by atoms with Gasteiger partial charge in [-0.05, 0) is 12.1 Å². The van der Waals surface area contributed by atoms with E-state index in [0.717, 1.165) is 9.88 Å². The van der Waals surface area contributed by atoms with Gasteiger partial charge in [0.2, 0.25) is 0 Å². The van der Waals surface area contributed by atoms with Gasteiger partial charge in [0.15, 0.2) is 0 Å². The molecule has 2 N–H and O–H groups in total. The molecule has 84 valence electrons. The molecule has 0 aliphatic carbocycles. The van der Waals surface area contributed by atoms with Crippen molar-refractivity contribution >= 4 is 22.3 Å². The van der Waals surface area contributed by atoms with E-state index in [-0.39, 0.29) is 5.97 Å². The van der Waals surface area contributed by atoms with Gasteiger partial charge in [-0.3, -0.25) is 4.79 Å². The predicted molar refractivity (Wildman–Crippen MR) is 62.3 cm³/mol. The molecule has 1 rings (SSSR count). The van der Waals surface area contributed by atoms with E-state index in [2.05, 4.69) is 4.74 Å². The molecule has 1 aromatic heterocycles. The third-order valence-electron chi connectivity index (χ3n) is 2.01. The summed E-state index contributed by atoms with van der Waals surface area (Å²) in [6, 6.07) is 3.44. The third-order valence-corrected chi connectivity index (χ3v) is 3.29. The van der Waals surface area contributed by atoms with E-state index in [9.17, 15) is 4.79 Å². The molecular weight excluding hydrogens is 212 g/mol. The quantitative estimate of drug-likeness (QED) is 0.776. The van der Waals surface area contributed by atoms with E-state index in [0.29, 0.717) is 6.42 Å². The van der Waals surface area contributed by atoms with Crippen LogP contribution in [0.1, 0.15) is 4.88 Å². The summed E-state index contributed by atoms with van der Waals surface area (Å²) in [5.74, 6) is -0.366. The minimum atomic E-state index is -0.566. The van der Waals surface area contributed by atoms with Gasteiger partial charge in [-0.15, -0.1) is 11.3 Å². The molecule has 0 saturated carbocycles. The fourth-order valence-electron chi connectivity index (χ4n) is 1.17. The number of anilines is 1. The molecule has 5 heteroatoms. The van der Waals surface area contributed by atoms with Crippen LogP contribution < -0.4 is 10.6 Å². The maximum atomic E-state index is 11.1. The first kappa shape index (κ1) is 12.0. The van der Waals surface area contributed by atoms with E-state index in [1.165, 1.54) is 7.11 Å². The van der Waals surface area contributed by atoms with Crippen molar-refractivity contribution in [1.82, 2.24) is 0 Å². The number of ether oxygens (including phenoxy) is 1. The number of nitrogens with zero attached hydrogens (tertiary/aromatic N) is 1. The van der Waals surface area contributed by atoms with Gasteiger partial charge < -0.3 is 15.4 Å². The van der Waals surface area contributed by atoms with E-state index in [4.69, 9.17) is 5.73 Å². The number of nitrogens with two attached hydrogens (primary N) is 1. The van der Waals surface area contributed by atoms with Crippen molar-refractivity contribution in [3.05, 3.63) is 17.0 Å². The number of methoxy groups -OCH3 is 1. The Morgan fingerprint density at radius 2 is 2.27 bits per heavy atom. The first-order valence-corrected chi connectivity index (χ1v) is 5.45. The van der Waals surface area contributed by atoms with Crippen molar-refractivity contribution < 1.29 is 9.53 Å². The zero-order valence-electron chi connectivity index (χ0n) is 9.19. The Balaban J connectivity index is 2.61. The minimum Gasteiger partial charge on any atom is -0.468 e. The lowest BCUT2D eigenvalue weighted by atomic mass is 10.2. The molecular formula is C10H16N2O2S. The molecule has 0 saturated heterocycles. The highest BCUT2D eigenvalue weighted by Crippen LogP contribution is 2.24. The Hall–Kier alpha value is -1.07. The summed E-state index contributed by atoms with van der Waals surface area (Å²) in [5.41, 5.74) is 5.66.